The third kappa shape index (κ3) is 0.728. The van der Waals surface area contributed by atoms with Crippen LogP contribution in [-0.4, -0.2) is 0 Å². The SMILES string of the molecule is C1=C=CC2=CC=CC2=CC=1. The van der Waals surface area contributed by atoms with E-state index in [1.54, 1.807) is 0 Å². The Labute approximate surface area is 59.9 Å². The zero-order valence-electron chi connectivity index (χ0n) is 5.46. The van der Waals surface area contributed by atoms with Gasteiger partial charge in [0.1, 0.15) is 0 Å². The lowest BCUT2D eigenvalue weighted by atomic mass is 10.1. The van der Waals surface area contributed by atoms with Gasteiger partial charge in [0, 0.05) is 0 Å². The molecule has 0 bridgehead atoms. The molecule has 0 amide bonds. The molecule has 2 rings (SSSR count). The van der Waals surface area contributed by atoms with E-state index in [-0.39, 0.29) is 0 Å². The maximum atomic E-state index is 2.93. The molecule has 2 aliphatic carbocycles. The minimum absolute atomic E-state index is 1.22. The summed E-state index contributed by atoms with van der Waals surface area (Å²) in [5, 5.41) is 0. The van der Waals surface area contributed by atoms with Gasteiger partial charge < -0.3 is 0 Å². The van der Waals surface area contributed by atoms with E-state index in [4.69, 9.17) is 0 Å². The van der Waals surface area contributed by atoms with Crippen molar-refractivity contribution in [3.63, 3.8) is 0 Å². The highest BCUT2D eigenvalue weighted by molar-refractivity contribution is 5.55. The quantitative estimate of drug-likeness (QED) is 0.437. The lowest BCUT2D eigenvalue weighted by molar-refractivity contribution is 1.62. The molecule has 0 N–H and O–H groups in total. The van der Waals surface area contributed by atoms with Gasteiger partial charge in [-0.2, -0.15) is 0 Å². The fourth-order valence-electron chi connectivity index (χ4n) is 1.03. The fraction of sp³-hybridized carbons (Fsp3) is 0. The van der Waals surface area contributed by atoms with Crippen LogP contribution in [-0.2, 0) is 0 Å². The van der Waals surface area contributed by atoms with Crippen LogP contribution in [0.25, 0.3) is 0 Å². The van der Waals surface area contributed by atoms with Crippen LogP contribution in [0, 0.1) is 0 Å². The molecule has 0 saturated heterocycles. The molecule has 0 fully saturated rings. The summed E-state index contributed by atoms with van der Waals surface area (Å²) in [4.78, 5) is 0. The molecule has 0 aliphatic heterocycles. The second-order valence-electron chi connectivity index (χ2n) is 2.20. The van der Waals surface area contributed by atoms with E-state index in [1.165, 1.54) is 11.1 Å². The highest BCUT2D eigenvalue weighted by Gasteiger charge is 2.01. The minimum atomic E-state index is 1.22. The summed E-state index contributed by atoms with van der Waals surface area (Å²) in [6.45, 7) is 0. The van der Waals surface area contributed by atoms with E-state index in [0.29, 0.717) is 0 Å². The van der Waals surface area contributed by atoms with Crippen molar-refractivity contribution < 1.29 is 0 Å². The molecule has 0 unspecified atom stereocenters. The van der Waals surface area contributed by atoms with Crippen molar-refractivity contribution in [2.24, 2.45) is 0 Å². The van der Waals surface area contributed by atoms with Crippen molar-refractivity contribution in [3.8, 4) is 0 Å². The first-order valence-corrected chi connectivity index (χ1v) is 3.23. The average Bonchev–Trinajstić information content (AvgIpc) is 2.28. The Balaban J connectivity index is 2.60. The van der Waals surface area contributed by atoms with Gasteiger partial charge in [-0.3, -0.25) is 0 Å². The van der Waals surface area contributed by atoms with Crippen molar-refractivity contribution in [2.45, 2.75) is 0 Å². The van der Waals surface area contributed by atoms with Crippen molar-refractivity contribution in [1.29, 1.82) is 0 Å². The molecule has 0 aromatic rings. The van der Waals surface area contributed by atoms with Gasteiger partial charge in [-0.15, -0.1) is 0 Å². The highest BCUT2D eigenvalue weighted by atomic mass is 14.0. The number of hydrogen-bond donors (Lipinski definition) is 0. The van der Waals surface area contributed by atoms with Crippen molar-refractivity contribution in [2.75, 3.05) is 0 Å². The number of hydrogen-bond acceptors (Lipinski definition) is 0. The summed E-state index contributed by atoms with van der Waals surface area (Å²) >= 11 is 0. The van der Waals surface area contributed by atoms with Crippen LogP contribution < -0.4 is 0 Å². The molecule has 0 aromatic carbocycles. The van der Waals surface area contributed by atoms with Crippen LogP contribution in [0.3, 0.4) is 0 Å². The van der Waals surface area contributed by atoms with E-state index >= 15 is 0 Å². The Kier molecular flexibility index (Phi) is 1.08. The summed E-state index contributed by atoms with van der Waals surface area (Å²) in [6, 6.07) is 0. The van der Waals surface area contributed by atoms with Gasteiger partial charge in [0.25, 0.3) is 0 Å². The molecule has 0 heteroatoms. The summed E-state index contributed by atoms with van der Waals surface area (Å²) in [5.74, 6) is 0. The predicted octanol–water partition coefficient (Wildman–Crippen LogP) is 2.29. The van der Waals surface area contributed by atoms with Gasteiger partial charge in [0.15, 0.2) is 0 Å². The second kappa shape index (κ2) is 2.04. The molecule has 0 radical (unpaired) electrons. The van der Waals surface area contributed by atoms with Crippen LogP contribution in [0.4, 0.5) is 0 Å². The first-order valence-electron chi connectivity index (χ1n) is 3.23. The maximum Gasteiger partial charge on any atom is -0.00367 e. The monoisotopic (exact) mass is 126 g/mol. The Bertz CT molecular complexity index is 336. The molecule has 46 valence electrons. The molecule has 0 saturated carbocycles. The molecular weight excluding hydrogens is 120 g/mol. The predicted molar refractivity (Wildman–Crippen MR) is 41.5 cm³/mol. The van der Waals surface area contributed by atoms with Gasteiger partial charge in [0.2, 0.25) is 0 Å². The van der Waals surface area contributed by atoms with Crippen molar-refractivity contribution in [1.82, 2.24) is 0 Å². The van der Waals surface area contributed by atoms with Gasteiger partial charge in [-0.05, 0) is 29.4 Å². The number of fused-ring (bicyclic) bond motifs is 1. The summed E-state index contributed by atoms with van der Waals surface area (Å²) < 4.78 is 0. The summed E-state index contributed by atoms with van der Waals surface area (Å²) in [5.41, 5.74) is 8.29. The average molecular weight is 126 g/mol. The summed E-state index contributed by atoms with van der Waals surface area (Å²) in [7, 11) is 0. The van der Waals surface area contributed by atoms with E-state index in [1.807, 2.05) is 24.3 Å². The Hall–Kier alpha value is -1.48. The first kappa shape index (κ1) is 5.32. The topological polar surface area (TPSA) is 0 Å². The molecule has 0 heterocycles. The van der Waals surface area contributed by atoms with Crippen molar-refractivity contribution in [3.05, 3.63) is 59.1 Å². The minimum Gasteiger partial charge on any atom is -0.0702 e. The Morgan fingerprint density at radius 2 is 2.00 bits per heavy atom. The van der Waals surface area contributed by atoms with Crippen molar-refractivity contribution >= 4 is 0 Å². The standard InChI is InChI=1S/C10H6/c1-2-5-9-7-4-8-10(9)6-3-1/h2,4-8H. The zero-order valence-corrected chi connectivity index (χ0v) is 5.46. The largest absolute Gasteiger partial charge is 0.0702 e. The van der Waals surface area contributed by atoms with Crippen LogP contribution >= 0.6 is 0 Å². The second-order valence-corrected chi connectivity index (χ2v) is 2.20. The Morgan fingerprint density at radius 3 is 3.00 bits per heavy atom. The summed E-state index contributed by atoms with van der Waals surface area (Å²) in [6.07, 6.45) is 12.0. The van der Waals surface area contributed by atoms with Crippen LogP contribution in [0.1, 0.15) is 0 Å². The molecule has 0 atom stereocenters. The van der Waals surface area contributed by atoms with Crippen LogP contribution in [0.2, 0.25) is 0 Å². The van der Waals surface area contributed by atoms with E-state index in [2.05, 4.69) is 23.6 Å². The fourth-order valence-corrected chi connectivity index (χ4v) is 1.03. The molecule has 2 aliphatic rings. The molecule has 10 heavy (non-hydrogen) atoms. The molecular formula is C10H6. The van der Waals surface area contributed by atoms with Gasteiger partial charge in [-0.25, -0.2) is 0 Å². The third-order valence-electron chi connectivity index (χ3n) is 1.54. The van der Waals surface area contributed by atoms with Gasteiger partial charge >= 0.3 is 0 Å². The van der Waals surface area contributed by atoms with Gasteiger partial charge in [-0.1, -0.05) is 29.7 Å². The third-order valence-corrected chi connectivity index (χ3v) is 1.54. The highest BCUT2D eigenvalue weighted by Crippen LogP contribution is 2.19. The first-order chi connectivity index (χ1) is 4.97. The number of allylic oxidation sites excluding steroid dienone is 8. The maximum absolute atomic E-state index is 2.93. The van der Waals surface area contributed by atoms with E-state index in [0.717, 1.165) is 0 Å². The lowest BCUT2D eigenvalue weighted by Gasteiger charge is -1.91. The zero-order chi connectivity index (χ0) is 6.81. The normalized spacial score (nSPS) is 18.4. The lowest BCUT2D eigenvalue weighted by Crippen LogP contribution is -1.73. The van der Waals surface area contributed by atoms with E-state index < -0.39 is 0 Å². The Morgan fingerprint density at radius 1 is 1.00 bits per heavy atom. The van der Waals surface area contributed by atoms with Gasteiger partial charge in [0.05, 0.1) is 0 Å². The molecule has 0 spiro atoms. The molecule has 0 nitrogen and oxygen atoms in total. The van der Waals surface area contributed by atoms with Crippen LogP contribution in [0.5, 0.6) is 0 Å². The number of rotatable bonds is 0. The van der Waals surface area contributed by atoms with Crippen LogP contribution in [0.15, 0.2) is 59.1 Å². The molecule has 0 aromatic heterocycles. The smallest absolute Gasteiger partial charge is 0.00367 e. The van der Waals surface area contributed by atoms with E-state index in [9.17, 15) is 0 Å².